The van der Waals surface area contributed by atoms with Gasteiger partial charge in [0.2, 0.25) is 0 Å². The van der Waals surface area contributed by atoms with Crippen LogP contribution >= 0.6 is 0 Å². The van der Waals surface area contributed by atoms with Gasteiger partial charge in [0, 0.05) is 37.6 Å². The number of carboxylic acid groups (broad SMARTS) is 1. The second kappa shape index (κ2) is 9.48. The van der Waals surface area contributed by atoms with Crippen molar-refractivity contribution in [2.24, 2.45) is 0 Å². The van der Waals surface area contributed by atoms with E-state index in [-0.39, 0.29) is 30.9 Å². The van der Waals surface area contributed by atoms with Crippen LogP contribution in [0.15, 0.2) is 36.7 Å². The number of hydrogen-bond donors (Lipinski definition) is 1. The van der Waals surface area contributed by atoms with Crippen LogP contribution in [0.25, 0.3) is 0 Å². The monoisotopic (exact) mass is 375 g/mol. The average Bonchev–Trinajstić information content (AvgIpc) is 2.66. The first-order chi connectivity index (χ1) is 12.9. The number of nitrogens with zero attached hydrogens (tertiary/aromatic N) is 3. The van der Waals surface area contributed by atoms with Crippen LogP contribution in [0.5, 0.6) is 11.5 Å². The number of benzene rings is 1. The maximum Gasteiger partial charge on any atom is 0.304 e. The number of carboxylic acids is 1. The van der Waals surface area contributed by atoms with Crippen LogP contribution in [0, 0.1) is 10.1 Å². The normalized spacial score (nSPS) is 10.6. The number of pyridine rings is 1. The van der Waals surface area contributed by atoms with Gasteiger partial charge >= 0.3 is 5.97 Å². The van der Waals surface area contributed by atoms with Crippen LogP contribution < -0.4 is 9.47 Å². The molecule has 2 rings (SSSR count). The van der Waals surface area contributed by atoms with Crippen LogP contribution in [0.3, 0.4) is 0 Å². The summed E-state index contributed by atoms with van der Waals surface area (Å²) in [6.45, 7) is 0.821. The predicted molar refractivity (Wildman–Crippen MR) is 96.8 cm³/mol. The highest BCUT2D eigenvalue weighted by Gasteiger charge is 2.22. The molecule has 0 aliphatic carbocycles. The summed E-state index contributed by atoms with van der Waals surface area (Å²) in [5.74, 6) is -0.303. The summed E-state index contributed by atoms with van der Waals surface area (Å²) in [6.07, 6.45) is 3.24. The number of carbonyl (C=O) groups is 1. The largest absolute Gasteiger partial charge is 0.493 e. The number of hydrogen-bond acceptors (Lipinski definition) is 7. The quantitative estimate of drug-likeness (QED) is 0.497. The Morgan fingerprint density at radius 3 is 2.52 bits per heavy atom. The summed E-state index contributed by atoms with van der Waals surface area (Å²) in [4.78, 5) is 27.8. The van der Waals surface area contributed by atoms with Crippen molar-refractivity contribution in [2.45, 2.75) is 19.5 Å². The third kappa shape index (κ3) is 5.65. The third-order valence-corrected chi connectivity index (χ3v) is 3.95. The first-order valence-electron chi connectivity index (χ1n) is 8.17. The highest BCUT2D eigenvalue weighted by Crippen LogP contribution is 2.35. The number of ether oxygens (including phenoxy) is 2. The molecule has 144 valence electrons. The minimum absolute atomic E-state index is 0.0820. The zero-order valence-corrected chi connectivity index (χ0v) is 15.1. The fourth-order valence-electron chi connectivity index (χ4n) is 2.67. The van der Waals surface area contributed by atoms with Gasteiger partial charge in [0.15, 0.2) is 11.5 Å². The van der Waals surface area contributed by atoms with Crippen molar-refractivity contribution in [3.63, 3.8) is 0 Å². The van der Waals surface area contributed by atoms with Crippen molar-refractivity contribution in [3.8, 4) is 11.5 Å². The number of aromatic nitrogens is 1. The van der Waals surface area contributed by atoms with Gasteiger partial charge in [0.05, 0.1) is 31.6 Å². The van der Waals surface area contributed by atoms with Crippen molar-refractivity contribution >= 4 is 11.7 Å². The molecule has 0 atom stereocenters. The molecule has 0 aliphatic heterocycles. The molecule has 2 aromatic rings. The van der Waals surface area contributed by atoms with Crippen LogP contribution in [-0.2, 0) is 17.9 Å². The number of aliphatic carboxylic acids is 1. The summed E-state index contributed by atoms with van der Waals surface area (Å²) < 4.78 is 10.4. The second-order valence-corrected chi connectivity index (χ2v) is 5.81. The molecule has 9 heteroatoms. The molecule has 0 unspecified atom stereocenters. The molecule has 0 aliphatic rings. The summed E-state index contributed by atoms with van der Waals surface area (Å²) in [5, 5.41) is 20.5. The molecule has 9 nitrogen and oxygen atoms in total. The zero-order chi connectivity index (χ0) is 19.8. The molecule has 0 bridgehead atoms. The van der Waals surface area contributed by atoms with Crippen molar-refractivity contribution in [2.75, 3.05) is 20.8 Å². The Labute approximate surface area is 156 Å². The van der Waals surface area contributed by atoms with E-state index in [9.17, 15) is 14.9 Å². The van der Waals surface area contributed by atoms with Gasteiger partial charge in [0.1, 0.15) is 0 Å². The fraction of sp³-hybridized carbons (Fsp3) is 0.333. The van der Waals surface area contributed by atoms with Crippen molar-refractivity contribution in [1.29, 1.82) is 0 Å². The summed E-state index contributed by atoms with van der Waals surface area (Å²) in [7, 11) is 2.86. The summed E-state index contributed by atoms with van der Waals surface area (Å²) >= 11 is 0. The molecule has 1 heterocycles. The number of rotatable bonds is 10. The molecule has 1 aromatic heterocycles. The van der Waals surface area contributed by atoms with Gasteiger partial charge in [0.25, 0.3) is 5.69 Å². The molecule has 0 radical (unpaired) electrons. The van der Waals surface area contributed by atoms with Gasteiger partial charge in [-0.3, -0.25) is 24.8 Å². The molecule has 1 N–H and O–H groups in total. The average molecular weight is 375 g/mol. The van der Waals surface area contributed by atoms with Gasteiger partial charge in [-0.1, -0.05) is 6.07 Å². The van der Waals surface area contributed by atoms with E-state index < -0.39 is 10.9 Å². The van der Waals surface area contributed by atoms with Gasteiger partial charge < -0.3 is 14.6 Å². The topological polar surface area (TPSA) is 115 Å². The maximum atomic E-state index is 11.5. The van der Waals surface area contributed by atoms with Gasteiger partial charge in [-0.05, 0) is 17.7 Å². The molecular formula is C18H21N3O6. The standard InChI is InChI=1S/C18H21N3O6/c1-26-16-8-14(15(21(24)25)9-17(16)27-2)12-20(7-5-18(22)23)11-13-4-3-6-19-10-13/h3-4,6,8-10H,5,7,11-12H2,1-2H3,(H,22,23). The highest BCUT2D eigenvalue weighted by molar-refractivity contribution is 5.66. The molecule has 0 saturated carbocycles. The molecule has 0 spiro atoms. The fourth-order valence-corrected chi connectivity index (χ4v) is 2.67. The Balaban J connectivity index is 2.33. The molecule has 27 heavy (non-hydrogen) atoms. The summed E-state index contributed by atoms with van der Waals surface area (Å²) in [5.41, 5.74) is 1.18. The van der Waals surface area contributed by atoms with Crippen molar-refractivity contribution < 1.29 is 24.3 Å². The van der Waals surface area contributed by atoms with Gasteiger partial charge in [-0.15, -0.1) is 0 Å². The predicted octanol–water partition coefficient (Wildman–Crippen LogP) is 2.48. The Bertz CT molecular complexity index is 797. The van der Waals surface area contributed by atoms with E-state index in [1.165, 1.54) is 20.3 Å². The number of nitro benzene ring substituents is 1. The van der Waals surface area contributed by atoms with Crippen molar-refractivity contribution in [3.05, 3.63) is 57.9 Å². The smallest absolute Gasteiger partial charge is 0.304 e. The lowest BCUT2D eigenvalue weighted by Gasteiger charge is -2.22. The second-order valence-electron chi connectivity index (χ2n) is 5.81. The maximum absolute atomic E-state index is 11.5. The van der Waals surface area contributed by atoms with Gasteiger partial charge in [-0.2, -0.15) is 0 Å². The van der Waals surface area contributed by atoms with Crippen molar-refractivity contribution in [1.82, 2.24) is 9.88 Å². The Hall–Kier alpha value is -3.20. The molecule has 0 saturated heterocycles. The van der Waals surface area contributed by atoms with Crippen LogP contribution in [-0.4, -0.2) is 46.6 Å². The molecular weight excluding hydrogens is 354 g/mol. The Kier molecular flexibility index (Phi) is 7.07. The first-order valence-corrected chi connectivity index (χ1v) is 8.17. The van der Waals surface area contributed by atoms with E-state index >= 15 is 0 Å². The van der Waals surface area contributed by atoms with Crippen LogP contribution in [0.4, 0.5) is 5.69 Å². The minimum atomic E-state index is -0.937. The minimum Gasteiger partial charge on any atom is -0.493 e. The Morgan fingerprint density at radius 1 is 1.26 bits per heavy atom. The van der Waals surface area contributed by atoms with E-state index in [0.29, 0.717) is 17.9 Å². The van der Waals surface area contributed by atoms with E-state index in [1.807, 2.05) is 11.0 Å². The lowest BCUT2D eigenvalue weighted by Crippen LogP contribution is -2.26. The van der Waals surface area contributed by atoms with Gasteiger partial charge in [-0.25, -0.2) is 0 Å². The van der Waals surface area contributed by atoms with Crippen LogP contribution in [0.2, 0.25) is 0 Å². The zero-order valence-electron chi connectivity index (χ0n) is 15.1. The first kappa shape index (κ1) is 20.1. The molecule has 0 fully saturated rings. The summed E-state index contributed by atoms with van der Waals surface area (Å²) in [6, 6.07) is 6.51. The van der Waals surface area contributed by atoms with Crippen LogP contribution in [0.1, 0.15) is 17.5 Å². The Morgan fingerprint density at radius 2 is 1.96 bits per heavy atom. The van der Waals surface area contributed by atoms with E-state index in [1.54, 1.807) is 24.5 Å². The SMILES string of the molecule is COc1cc(CN(CCC(=O)O)Cc2cccnc2)c([N+](=O)[O-])cc1OC. The molecule has 0 amide bonds. The van der Waals surface area contributed by atoms with E-state index in [0.717, 1.165) is 5.56 Å². The van der Waals surface area contributed by atoms with E-state index in [4.69, 9.17) is 14.6 Å². The number of nitro groups is 1. The lowest BCUT2D eigenvalue weighted by atomic mass is 10.1. The highest BCUT2D eigenvalue weighted by atomic mass is 16.6. The lowest BCUT2D eigenvalue weighted by molar-refractivity contribution is -0.385. The molecule has 1 aromatic carbocycles. The van der Waals surface area contributed by atoms with E-state index in [2.05, 4.69) is 4.98 Å². The number of methoxy groups -OCH3 is 2. The third-order valence-electron chi connectivity index (χ3n) is 3.95.